The SMILES string of the molecule is CC(CC(C)(NC1CC1)C(N)=O)SC1CCOC1C. The molecule has 4 unspecified atom stereocenters. The summed E-state index contributed by atoms with van der Waals surface area (Å²) >= 11 is 1.93. The fourth-order valence-corrected chi connectivity index (χ4v) is 4.28. The van der Waals surface area contributed by atoms with Crippen LogP contribution in [0.3, 0.4) is 0 Å². The van der Waals surface area contributed by atoms with Crippen LogP contribution in [-0.4, -0.2) is 40.7 Å². The van der Waals surface area contributed by atoms with Crippen molar-refractivity contribution in [2.24, 2.45) is 5.73 Å². The number of carbonyl (C=O) groups is 1. The predicted octanol–water partition coefficient (Wildman–Crippen LogP) is 1.67. The van der Waals surface area contributed by atoms with Crippen LogP contribution in [0.15, 0.2) is 0 Å². The first kappa shape index (κ1) is 15.1. The highest BCUT2D eigenvalue weighted by atomic mass is 32.2. The Balaban J connectivity index is 1.86. The quantitative estimate of drug-likeness (QED) is 0.747. The lowest BCUT2D eigenvalue weighted by molar-refractivity contribution is -0.124. The lowest BCUT2D eigenvalue weighted by atomic mass is 9.95. The first-order valence-electron chi connectivity index (χ1n) is 7.25. The van der Waals surface area contributed by atoms with Crippen LogP contribution < -0.4 is 11.1 Å². The highest BCUT2D eigenvalue weighted by molar-refractivity contribution is 8.00. The van der Waals surface area contributed by atoms with Crippen LogP contribution in [0.5, 0.6) is 0 Å². The summed E-state index contributed by atoms with van der Waals surface area (Å²) in [6.07, 6.45) is 4.55. The molecule has 0 bridgehead atoms. The zero-order chi connectivity index (χ0) is 14.0. The van der Waals surface area contributed by atoms with Crippen LogP contribution in [0.4, 0.5) is 0 Å². The van der Waals surface area contributed by atoms with Crippen LogP contribution in [-0.2, 0) is 9.53 Å². The Hall–Kier alpha value is -0.260. The molecule has 2 fully saturated rings. The van der Waals surface area contributed by atoms with E-state index in [4.69, 9.17) is 10.5 Å². The van der Waals surface area contributed by atoms with Gasteiger partial charge in [-0.3, -0.25) is 4.79 Å². The summed E-state index contributed by atoms with van der Waals surface area (Å²) in [5.74, 6) is -0.234. The zero-order valence-corrected chi connectivity index (χ0v) is 13.0. The lowest BCUT2D eigenvalue weighted by Crippen LogP contribution is -2.55. The second-order valence-corrected chi connectivity index (χ2v) is 7.85. The van der Waals surface area contributed by atoms with Gasteiger partial charge in [-0.25, -0.2) is 0 Å². The average Bonchev–Trinajstić information content (AvgIpc) is 3.02. The molecule has 1 aliphatic carbocycles. The fraction of sp³-hybridized carbons (Fsp3) is 0.929. The molecule has 1 saturated carbocycles. The van der Waals surface area contributed by atoms with Crippen molar-refractivity contribution in [2.75, 3.05) is 6.61 Å². The number of carbonyl (C=O) groups excluding carboxylic acids is 1. The van der Waals surface area contributed by atoms with Gasteiger partial charge in [0.15, 0.2) is 0 Å². The highest BCUT2D eigenvalue weighted by Gasteiger charge is 2.39. The average molecular weight is 286 g/mol. The van der Waals surface area contributed by atoms with E-state index in [0.717, 1.165) is 32.3 Å². The zero-order valence-electron chi connectivity index (χ0n) is 12.1. The third-order valence-electron chi connectivity index (χ3n) is 4.05. The number of ether oxygens (including phenoxy) is 1. The molecule has 5 heteroatoms. The van der Waals surface area contributed by atoms with Crippen molar-refractivity contribution in [3.8, 4) is 0 Å². The Morgan fingerprint density at radius 1 is 1.53 bits per heavy atom. The molecule has 1 aliphatic heterocycles. The van der Waals surface area contributed by atoms with Crippen LogP contribution in [0.1, 0.15) is 46.5 Å². The van der Waals surface area contributed by atoms with Crippen molar-refractivity contribution in [1.29, 1.82) is 0 Å². The Morgan fingerprint density at radius 3 is 2.68 bits per heavy atom. The Morgan fingerprint density at radius 2 is 2.21 bits per heavy atom. The van der Waals surface area contributed by atoms with Gasteiger partial charge >= 0.3 is 0 Å². The van der Waals surface area contributed by atoms with E-state index in [-0.39, 0.29) is 5.91 Å². The molecule has 0 aromatic heterocycles. The summed E-state index contributed by atoms with van der Waals surface area (Å²) in [5.41, 5.74) is 5.02. The molecule has 4 atom stereocenters. The van der Waals surface area contributed by atoms with Crippen molar-refractivity contribution >= 4 is 17.7 Å². The molecule has 0 aromatic carbocycles. The maximum Gasteiger partial charge on any atom is 0.237 e. The summed E-state index contributed by atoms with van der Waals surface area (Å²) in [7, 11) is 0. The Bertz CT molecular complexity index is 335. The van der Waals surface area contributed by atoms with Crippen LogP contribution in [0, 0.1) is 0 Å². The number of thioether (sulfide) groups is 1. The van der Waals surface area contributed by atoms with Gasteiger partial charge in [-0.2, -0.15) is 11.8 Å². The van der Waals surface area contributed by atoms with Crippen LogP contribution in [0.2, 0.25) is 0 Å². The van der Waals surface area contributed by atoms with Gasteiger partial charge in [-0.15, -0.1) is 0 Å². The van der Waals surface area contributed by atoms with Crippen molar-refractivity contribution in [2.45, 2.75) is 74.6 Å². The number of amides is 1. The molecule has 1 amide bonds. The van der Waals surface area contributed by atoms with Gasteiger partial charge < -0.3 is 15.8 Å². The smallest absolute Gasteiger partial charge is 0.237 e. The molecule has 2 aliphatic rings. The van der Waals surface area contributed by atoms with E-state index < -0.39 is 5.54 Å². The molecule has 4 nitrogen and oxygen atoms in total. The second kappa shape index (κ2) is 6.02. The third kappa shape index (κ3) is 4.10. The van der Waals surface area contributed by atoms with Gasteiger partial charge in [0.1, 0.15) is 0 Å². The summed E-state index contributed by atoms with van der Waals surface area (Å²) in [4.78, 5) is 11.7. The van der Waals surface area contributed by atoms with Crippen LogP contribution in [0.25, 0.3) is 0 Å². The number of hydrogen-bond donors (Lipinski definition) is 2. The first-order valence-corrected chi connectivity index (χ1v) is 8.19. The van der Waals surface area contributed by atoms with Gasteiger partial charge in [-0.1, -0.05) is 6.92 Å². The van der Waals surface area contributed by atoms with Gasteiger partial charge in [0.2, 0.25) is 5.91 Å². The highest BCUT2D eigenvalue weighted by Crippen LogP contribution is 2.34. The summed E-state index contributed by atoms with van der Waals surface area (Å²) in [5, 5.41) is 4.36. The number of nitrogens with one attached hydrogen (secondary N) is 1. The second-order valence-electron chi connectivity index (χ2n) is 6.17. The van der Waals surface area contributed by atoms with E-state index >= 15 is 0 Å². The standard InChI is InChI=1S/C14H26N2O2S/c1-9(19-12-6-7-18-10(12)2)8-14(3,13(15)17)16-11-4-5-11/h9-12,16H,4-8H2,1-3H3,(H2,15,17). The van der Waals surface area contributed by atoms with Crippen molar-refractivity contribution in [3.05, 3.63) is 0 Å². The largest absolute Gasteiger partial charge is 0.377 e. The molecule has 3 N–H and O–H groups in total. The molecular formula is C14H26N2O2S. The van der Waals surface area contributed by atoms with Crippen LogP contribution >= 0.6 is 11.8 Å². The van der Waals surface area contributed by atoms with Gasteiger partial charge in [0.25, 0.3) is 0 Å². The maximum atomic E-state index is 11.7. The molecule has 1 heterocycles. The van der Waals surface area contributed by atoms with E-state index in [1.165, 1.54) is 0 Å². The van der Waals surface area contributed by atoms with E-state index in [9.17, 15) is 4.79 Å². The number of hydrogen-bond acceptors (Lipinski definition) is 4. The van der Waals surface area contributed by atoms with Crippen molar-refractivity contribution in [3.63, 3.8) is 0 Å². The van der Waals surface area contributed by atoms with Gasteiger partial charge in [0.05, 0.1) is 11.6 Å². The summed E-state index contributed by atoms with van der Waals surface area (Å²) in [6, 6.07) is 0.489. The minimum atomic E-state index is -0.573. The van der Waals surface area contributed by atoms with E-state index in [1.807, 2.05) is 18.7 Å². The molecule has 0 radical (unpaired) electrons. The summed E-state index contributed by atoms with van der Waals surface area (Å²) < 4.78 is 5.59. The predicted molar refractivity (Wildman–Crippen MR) is 79.2 cm³/mol. The van der Waals surface area contributed by atoms with Gasteiger partial charge in [-0.05, 0) is 39.5 Å². The van der Waals surface area contributed by atoms with Gasteiger partial charge in [0, 0.05) is 23.1 Å². The minimum Gasteiger partial charge on any atom is -0.377 e. The monoisotopic (exact) mass is 286 g/mol. The lowest BCUT2D eigenvalue weighted by Gasteiger charge is -2.31. The molecule has 110 valence electrons. The number of primary amides is 1. The first-order chi connectivity index (χ1) is 8.90. The van der Waals surface area contributed by atoms with E-state index in [0.29, 0.717) is 22.6 Å². The van der Waals surface area contributed by atoms with E-state index in [2.05, 4.69) is 19.2 Å². The molecule has 2 rings (SSSR count). The molecule has 19 heavy (non-hydrogen) atoms. The molecule has 0 aromatic rings. The maximum absolute atomic E-state index is 11.7. The number of nitrogens with two attached hydrogens (primary N) is 1. The van der Waals surface area contributed by atoms with Crippen molar-refractivity contribution < 1.29 is 9.53 Å². The van der Waals surface area contributed by atoms with E-state index in [1.54, 1.807) is 0 Å². The molecule has 1 saturated heterocycles. The normalized spacial score (nSPS) is 31.9. The van der Waals surface area contributed by atoms with Crippen molar-refractivity contribution in [1.82, 2.24) is 5.32 Å². The topological polar surface area (TPSA) is 64.3 Å². The number of rotatable bonds is 7. The summed E-state index contributed by atoms with van der Waals surface area (Å²) in [6.45, 7) is 7.12. The minimum absolute atomic E-state index is 0.234. The molecule has 0 spiro atoms. The molecular weight excluding hydrogens is 260 g/mol. The third-order valence-corrected chi connectivity index (χ3v) is 5.65. The Labute approximate surface area is 120 Å². The Kier molecular flexibility index (Phi) is 4.79. The fourth-order valence-electron chi connectivity index (χ4n) is 2.72.